The smallest absolute Gasteiger partial charge is 0.184 e. The molecule has 0 amide bonds. The molecule has 4 nitrogen and oxygen atoms in total. The fourth-order valence-corrected chi connectivity index (χ4v) is 3.70. The van der Waals surface area contributed by atoms with E-state index >= 15 is 0 Å². The lowest BCUT2D eigenvalue weighted by Gasteiger charge is -2.29. The monoisotopic (exact) mass is 238 g/mol. The van der Waals surface area contributed by atoms with E-state index < -0.39 is 14.6 Å². The first-order chi connectivity index (χ1) is 7.40. The Kier molecular flexibility index (Phi) is 2.35. The summed E-state index contributed by atoms with van der Waals surface area (Å²) in [7, 11) is -3.42. The molecule has 16 heavy (non-hydrogen) atoms. The number of rotatable bonds is 1. The summed E-state index contributed by atoms with van der Waals surface area (Å²) in [5.74, 6) is 0. The topological polar surface area (TPSA) is 73.7 Å². The zero-order valence-corrected chi connectivity index (χ0v) is 10.2. The molecule has 0 aromatic carbocycles. The van der Waals surface area contributed by atoms with Gasteiger partial charge >= 0.3 is 0 Å². The van der Waals surface area contributed by atoms with E-state index in [1.165, 1.54) is 0 Å². The standard InChI is InChI=1S/C11H14N2O2S/c1-8-6-9-10(13-8)4-3-5-11(9,7-12)16(2,14)15/h6,13H,3-5H2,1-2H3. The Bertz CT molecular complexity index is 565. The maximum absolute atomic E-state index is 11.9. The van der Waals surface area contributed by atoms with Crippen LogP contribution in [0, 0.1) is 18.3 Å². The summed E-state index contributed by atoms with van der Waals surface area (Å²) in [6, 6.07) is 3.81. The summed E-state index contributed by atoms with van der Waals surface area (Å²) < 4.78 is 22.4. The van der Waals surface area contributed by atoms with Crippen LogP contribution < -0.4 is 0 Å². The Morgan fingerprint density at radius 2 is 2.25 bits per heavy atom. The van der Waals surface area contributed by atoms with Gasteiger partial charge in [-0.05, 0) is 32.3 Å². The van der Waals surface area contributed by atoms with Gasteiger partial charge in [0.15, 0.2) is 14.6 Å². The number of sulfone groups is 1. The Morgan fingerprint density at radius 3 is 2.81 bits per heavy atom. The van der Waals surface area contributed by atoms with E-state index in [9.17, 15) is 13.7 Å². The van der Waals surface area contributed by atoms with Gasteiger partial charge in [0.1, 0.15) is 0 Å². The van der Waals surface area contributed by atoms with E-state index in [2.05, 4.69) is 4.98 Å². The summed E-state index contributed by atoms with van der Waals surface area (Å²) in [6.45, 7) is 1.88. The molecular formula is C11H14N2O2S. The highest BCUT2D eigenvalue weighted by Crippen LogP contribution is 2.41. The molecule has 0 bridgehead atoms. The number of hydrogen-bond donors (Lipinski definition) is 1. The van der Waals surface area contributed by atoms with Crippen LogP contribution >= 0.6 is 0 Å². The van der Waals surface area contributed by atoms with E-state index in [-0.39, 0.29) is 0 Å². The summed E-state index contributed by atoms with van der Waals surface area (Å²) >= 11 is 0. The maximum atomic E-state index is 11.9. The lowest BCUT2D eigenvalue weighted by Crippen LogP contribution is -2.36. The van der Waals surface area contributed by atoms with Gasteiger partial charge in [-0.25, -0.2) is 8.42 Å². The van der Waals surface area contributed by atoms with E-state index in [1.807, 2.05) is 13.0 Å². The number of hydrogen-bond acceptors (Lipinski definition) is 3. The molecule has 1 aromatic heterocycles. The minimum atomic E-state index is -3.42. The minimum absolute atomic E-state index is 0.395. The number of nitrogens with zero attached hydrogens (tertiary/aromatic N) is 1. The van der Waals surface area contributed by atoms with Crippen LogP contribution in [-0.4, -0.2) is 19.7 Å². The van der Waals surface area contributed by atoms with Crippen LogP contribution in [0.5, 0.6) is 0 Å². The van der Waals surface area contributed by atoms with Crippen LogP contribution in [0.3, 0.4) is 0 Å². The van der Waals surface area contributed by atoms with Gasteiger partial charge in [-0.3, -0.25) is 0 Å². The predicted molar refractivity (Wildman–Crippen MR) is 60.6 cm³/mol. The molecule has 2 rings (SSSR count). The molecule has 1 N–H and O–H groups in total. The first kappa shape index (κ1) is 11.2. The molecule has 0 aliphatic heterocycles. The van der Waals surface area contributed by atoms with E-state index in [0.717, 1.165) is 30.5 Å². The van der Waals surface area contributed by atoms with Crippen molar-refractivity contribution in [2.45, 2.75) is 30.9 Å². The van der Waals surface area contributed by atoms with Crippen molar-refractivity contribution in [2.24, 2.45) is 0 Å². The number of fused-ring (bicyclic) bond motifs is 1. The van der Waals surface area contributed by atoms with Crippen LogP contribution in [-0.2, 0) is 21.0 Å². The minimum Gasteiger partial charge on any atom is -0.362 e. The lowest BCUT2D eigenvalue weighted by molar-refractivity contribution is 0.522. The van der Waals surface area contributed by atoms with Crippen molar-refractivity contribution in [1.82, 2.24) is 4.98 Å². The highest BCUT2D eigenvalue weighted by Gasteiger charge is 2.46. The molecule has 1 atom stereocenters. The molecule has 5 heteroatoms. The van der Waals surface area contributed by atoms with Crippen molar-refractivity contribution in [1.29, 1.82) is 5.26 Å². The van der Waals surface area contributed by atoms with E-state index in [0.29, 0.717) is 12.0 Å². The molecule has 0 saturated heterocycles. The molecule has 0 spiro atoms. The maximum Gasteiger partial charge on any atom is 0.184 e. The second-order valence-corrected chi connectivity index (χ2v) is 6.65. The SMILES string of the molecule is Cc1cc2c([nH]1)CCCC2(C#N)S(C)(=O)=O. The van der Waals surface area contributed by atoms with Gasteiger partial charge in [-0.15, -0.1) is 0 Å². The fraction of sp³-hybridized carbons (Fsp3) is 0.545. The molecule has 1 aromatic rings. The highest BCUT2D eigenvalue weighted by atomic mass is 32.2. The molecule has 86 valence electrons. The Hall–Kier alpha value is -1.28. The normalized spacial score (nSPS) is 24.8. The summed E-state index contributed by atoms with van der Waals surface area (Å²) in [4.78, 5) is 3.14. The number of nitrogens with one attached hydrogen (secondary N) is 1. The average Bonchev–Trinajstić information content (AvgIpc) is 2.55. The third-order valence-corrected chi connectivity index (χ3v) is 5.02. The van der Waals surface area contributed by atoms with Gasteiger partial charge in [0.2, 0.25) is 0 Å². The third kappa shape index (κ3) is 1.37. The molecular weight excluding hydrogens is 224 g/mol. The summed E-state index contributed by atoms with van der Waals surface area (Å²) in [5.41, 5.74) is 2.46. The summed E-state index contributed by atoms with van der Waals surface area (Å²) in [6.07, 6.45) is 3.09. The van der Waals surface area contributed by atoms with Crippen LogP contribution in [0.4, 0.5) is 0 Å². The number of aryl methyl sites for hydroxylation is 2. The van der Waals surface area contributed by atoms with Gasteiger partial charge in [0, 0.05) is 23.2 Å². The number of H-pyrrole nitrogens is 1. The second-order valence-electron chi connectivity index (χ2n) is 4.41. The quantitative estimate of drug-likeness (QED) is 0.804. The van der Waals surface area contributed by atoms with Crippen LogP contribution in [0.2, 0.25) is 0 Å². The molecule has 0 fully saturated rings. The van der Waals surface area contributed by atoms with Crippen molar-refractivity contribution in [3.05, 3.63) is 23.0 Å². The van der Waals surface area contributed by atoms with Gasteiger partial charge < -0.3 is 4.98 Å². The zero-order valence-electron chi connectivity index (χ0n) is 9.37. The van der Waals surface area contributed by atoms with E-state index in [1.54, 1.807) is 6.07 Å². The first-order valence-electron chi connectivity index (χ1n) is 5.20. The van der Waals surface area contributed by atoms with Crippen molar-refractivity contribution in [3.63, 3.8) is 0 Å². The number of aromatic amines is 1. The van der Waals surface area contributed by atoms with Gasteiger partial charge in [-0.2, -0.15) is 5.26 Å². The van der Waals surface area contributed by atoms with Crippen molar-refractivity contribution in [3.8, 4) is 6.07 Å². The van der Waals surface area contributed by atoms with Gasteiger partial charge in [0.25, 0.3) is 0 Å². The molecule has 0 saturated carbocycles. The largest absolute Gasteiger partial charge is 0.362 e. The molecule has 1 aliphatic rings. The zero-order chi connectivity index (χ0) is 12.0. The molecule has 0 radical (unpaired) electrons. The van der Waals surface area contributed by atoms with Crippen molar-refractivity contribution >= 4 is 9.84 Å². The summed E-state index contributed by atoms with van der Waals surface area (Å²) in [5, 5.41) is 9.29. The second kappa shape index (κ2) is 3.36. The lowest BCUT2D eigenvalue weighted by atomic mass is 9.87. The van der Waals surface area contributed by atoms with Crippen LogP contribution in [0.1, 0.15) is 29.8 Å². The molecule has 1 heterocycles. The van der Waals surface area contributed by atoms with Crippen LogP contribution in [0.15, 0.2) is 6.07 Å². The first-order valence-corrected chi connectivity index (χ1v) is 7.10. The fourth-order valence-electron chi connectivity index (χ4n) is 2.44. The Balaban J connectivity index is 2.73. The van der Waals surface area contributed by atoms with E-state index in [4.69, 9.17) is 0 Å². The Labute approximate surface area is 95.2 Å². The Morgan fingerprint density at radius 1 is 1.56 bits per heavy atom. The molecule has 1 unspecified atom stereocenters. The van der Waals surface area contributed by atoms with Crippen molar-refractivity contribution < 1.29 is 8.42 Å². The predicted octanol–water partition coefficient (Wildman–Crippen LogP) is 1.42. The number of aromatic nitrogens is 1. The van der Waals surface area contributed by atoms with Crippen LogP contribution in [0.25, 0.3) is 0 Å². The van der Waals surface area contributed by atoms with Gasteiger partial charge in [-0.1, -0.05) is 0 Å². The van der Waals surface area contributed by atoms with Crippen molar-refractivity contribution in [2.75, 3.05) is 6.26 Å². The number of nitriles is 1. The average molecular weight is 238 g/mol. The molecule has 1 aliphatic carbocycles. The highest BCUT2D eigenvalue weighted by molar-refractivity contribution is 7.91. The third-order valence-electron chi connectivity index (χ3n) is 3.24. The van der Waals surface area contributed by atoms with Gasteiger partial charge in [0.05, 0.1) is 6.07 Å².